The van der Waals surface area contributed by atoms with Crippen LogP contribution in [-0.4, -0.2) is 0 Å². The Morgan fingerprint density at radius 2 is 2.38 bits per heavy atom. The van der Waals surface area contributed by atoms with Crippen LogP contribution in [0.15, 0.2) is 44.5 Å². The van der Waals surface area contributed by atoms with E-state index in [0.29, 0.717) is 0 Å². The Bertz CT molecular complexity index is 291. The van der Waals surface area contributed by atoms with Gasteiger partial charge in [0.25, 0.3) is 0 Å². The third-order valence-electron chi connectivity index (χ3n) is 1.43. The van der Waals surface area contributed by atoms with Crippen LogP contribution in [0.5, 0.6) is 0 Å². The minimum atomic E-state index is 0.924. The zero-order valence-electron chi connectivity index (χ0n) is 6.80. The zero-order chi connectivity index (χ0) is 8.93. The Morgan fingerprint density at radius 3 is 3.08 bits per heavy atom. The molecule has 68 valence electrons. The average molecular weight is 228 g/mol. The fraction of sp³-hybridized carbons (Fsp3) is 0.111. The molecule has 0 radical (unpaired) electrons. The van der Waals surface area contributed by atoms with Crippen LogP contribution >= 0.6 is 32.9 Å². The van der Waals surface area contributed by atoms with Crippen molar-refractivity contribution in [2.75, 3.05) is 0 Å². The maximum atomic E-state index is 5.22. The summed E-state index contributed by atoms with van der Waals surface area (Å²) in [6.45, 7) is 0. The molecule has 0 unspecified atom stereocenters. The Morgan fingerprint density at radius 1 is 1.38 bits per heavy atom. The number of thiophene rings is 1. The lowest BCUT2D eigenvalue weighted by Gasteiger charge is -1.94. The van der Waals surface area contributed by atoms with Crippen molar-refractivity contribution in [2.45, 2.75) is 10.6 Å². The van der Waals surface area contributed by atoms with Crippen molar-refractivity contribution < 1.29 is 4.42 Å². The molecule has 0 aliphatic carbocycles. The van der Waals surface area contributed by atoms with E-state index in [1.807, 2.05) is 12.1 Å². The SMILES string of the molecule is c1coc(CSSc2ccsc2)c1. The molecule has 0 aromatic carbocycles. The predicted octanol–water partition coefficient (Wildman–Crippen LogP) is 4.28. The summed E-state index contributed by atoms with van der Waals surface area (Å²) in [5.41, 5.74) is 0. The third kappa shape index (κ3) is 2.83. The van der Waals surface area contributed by atoms with Gasteiger partial charge < -0.3 is 4.42 Å². The molecular weight excluding hydrogens is 220 g/mol. The quantitative estimate of drug-likeness (QED) is 0.725. The van der Waals surface area contributed by atoms with Crippen molar-refractivity contribution in [1.82, 2.24) is 0 Å². The molecule has 13 heavy (non-hydrogen) atoms. The molecule has 2 aromatic rings. The molecule has 0 aliphatic heterocycles. The van der Waals surface area contributed by atoms with E-state index >= 15 is 0 Å². The lowest BCUT2D eigenvalue weighted by molar-refractivity contribution is 0.530. The van der Waals surface area contributed by atoms with E-state index in [2.05, 4.69) is 16.8 Å². The van der Waals surface area contributed by atoms with Crippen molar-refractivity contribution >= 4 is 32.9 Å². The first-order valence-electron chi connectivity index (χ1n) is 3.79. The number of hydrogen-bond acceptors (Lipinski definition) is 4. The van der Waals surface area contributed by atoms with Gasteiger partial charge in [-0.1, -0.05) is 21.6 Å². The van der Waals surface area contributed by atoms with Crippen molar-refractivity contribution in [3.8, 4) is 0 Å². The topological polar surface area (TPSA) is 13.1 Å². The standard InChI is InChI=1S/C9H8OS3/c1-2-8(10-4-1)6-12-13-9-3-5-11-7-9/h1-5,7H,6H2. The van der Waals surface area contributed by atoms with Crippen LogP contribution in [-0.2, 0) is 5.75 Å². The second-order valence-corrected chi connectivity index (χ2v) is 5.53. The van der Waals surface area contributed by atoms with E-state index < -0.39 is 0 Å². The Balaban J connectivity index is 1.76. The molecule has 0 saturated carbocycles. The van der Waals surface area contributed by atoms with Gasteiger partial charge in [0, 0.05) is 10.3 Å². The fourth-order valence-electron chi connectivity index (χ4n) is 0.850. The molecule has 0 fully saturated rings. The molecule has 0 amide bonds. The van der Waals surface area contributed by atoms with Gasteiger partial charge in [-0.3, -0.25) is 0 Å². The van der Waals surface area contributed by atoms with E-state index in [0.717, 1.165) is 11.5 Å². The number of hydrogen-bond donors (Lipinski definition) is 0. The summed E-state index contributed by atoms with van der Waals surface area (Å²) in [6, 6.07) is 6.05. The van der Waals surface area contributed by atoms with E-state index in [9.17, 15) is 0 Å². The highest BCUT2D eigenvalue weighted by molar-refractivity contribution is 8.76. The molecule has 0 atom stereocenters. The van der Waals surface area contributed by atoms with Crippen LogP contribution in [0.25, 0.3) is 0 Å². The first-order chi connectivity index (χ1) is 6.45. The van der Waals surface area contributed by atoms with Gasteiger partial charge in [0.1, 0.15) is 5.76 Å². The smallest absolute Gasteiger partial charge is 0.114 e. The average Bonchev–Trinajstić information content (AvgIpc) is 2.75. The Kier molecular flexibility index (Phi) is 3.40. The first kappa shape index (κ1) is 9.24. The highest BCUT2D eigenvalue weighted by Gasteiger charge is 1.98. The van der Waals surface area contributed by atoms with Gasteiger partial charge >= 0.3 is 0 Å². The molecule has 0 aliphatic rings. The largest absolute Gasteiger partial charge is 0.468 e. The minimum Gasteiger partial charge on any atom is -0.468 e. The van der Waals surface area contributed by atoms with Crippen LogP contribution in [0.1, 0.15) is 5.76 Å². The summed E-state index contributed by atoms with van der Waals surface area (Å²) < 4.78 is 5.22. The summed E-state index contributed by atoms with van der Waals surface area (Å²) in [5, 5.41) is 4.25. The first-order valence-corrected chi connectivity index (χ1v) is 7.05. The zero-order valence-corrected chi connectivity index (χ0v) is 9.25. The predicted molar refractivity (Wildman–Crippen MR) is 60.2 cm³/mol. The molecule has 0 bridgehead atoms. The highest BCUT2D eigenvalue weighted by Crippen LogP contribution is 2.34. The maximum Gasteiger partial charge on any atom is 0.114 e. The van der Waals surface area contributed by atoms with Gasteiger partial charge in [-0.05, 0) is 23.6 Å². The maximum absolute atomic E-state index is 5.22. The van der Waals surface area contributed by atoms with Gasteiger partial charge in [0.15, 0.2) is 0 Å². The third-order valence-corrected chi connectivity index (χ3v) is 4.51. The summed E-state index contributed by atoms with van der Waals surface area (Å²) in [5.74, 6) is 1.96. The molecule has 0 N–H and O–H groups in total. The van der Waals surface area contributed by atoms with E-state index in [4.69, 9.17) is 4.42 Å². The van der Waals surface area contributed by atoms with E-state index in [1.165, 1.54) is 4.90 Å². The molecule has 2 heterocycles. The van der Waals surface area contributed by atoms with E-state index in [1.54, 1.807) is 39.2 Å². The summed E-state index contributed by atoms with van der Waals surface area (Å²) in [6.07, 6.45) is 1.71. The van der Waals surface area contributed by atoms with Crippen molar-refractivity contribution in [3.63, 3.8) is 0 Å². The molecule has 0 saturated heterocycles. The molecule has 2 rings (SSSR count). The Hall–Kier alpha value is -0.320. The monoisotopic (exact) mass is 228 g/mol. The second kappa shape index (κ2) is 4.79. The van der Waals surface area contributed by atoms with Crippen molar-refractivity contribution in [1.29, 1.82) is 0 Å². The fourth-order valence-corrected chi connectivity index (χ4v) is 3.83. The van der Waals surface area contributed by atoms with Gasteiger partial charge in [-0.15, -0.1) is 0 Å². The van der Waals surface area contributed by atoms with Crippen molar-refractivity contribution in [3.05, 3.63) is 41.0 Å². The summed E-state index contributed by atoms with van der Waals surface area (Å²) in [4.78, 5) is 1.32. The van der Waals surface area contributed by atoms with Gasteiger partial charge in [0.05, 0.1) is 12.0 Å². The second-order valence-electron chi connectivity index (χ2n) is 2.38. The molecule has 0 spiro atoms. The van der Waals surface area contributed by atoms with Gasteiger partial charge in [-0.25, -0.2) is 0 Å². The van der Waals surface area contributed by atoms with Gasteiger partial charge in [-0.2, -0.15) is 11.3 Å². The van der Waals surface area contributed by atoms with Crippen LogP contribution in [0.3, 0.4) is 0 Å². The van der Waals surface area contributed by atoms with Crippen LogP contribution in [0.2, 0.25) is 0 Å². The molecule has 2 aromatic heterocycles. The summed E-state index contributed by atoms with van der Waals surface area (Å²) in [7, 11) is 3.59. The minimum absolute atomic E-state index is 0.924. The molecular formula is C9H8OS3. The molecule has 4 heteroatoms. The number of furan rings is 1. The van der Waals surface area contributed by atoms with Crippen LogP contribution in [0, 0.1) is 0 Å². The highest BCUT2D eigenvalue weighted by atomic mass is 33.1. The Labute approximate surface area is 88.9 Å². The molecule has 1 nitrogen and oxygen atoms in total. The number of rotatable bonds is 4. The summed E-state index contributed by atoms with van der Waals surface area (Å²) >= 11 is 1.73. The van der Waals surface area contributed by atoms with Crippen LogP contribution in [0.4, 0.5) is 0 Å². The van der Waals surface area contributed by atoms with E-state index in [-0.39, 0.29) is 0 Å². The lowest BCUT2D eigenvalue weighted by Crippen LogP contribution is -1.69. The normalized spacial score (nSPS) is 10.5. The lowest BCUT2D eigenvalue weighted by atomic mass is 10.5. The van der Waals surface area contributed by atoms with Crippen LogP contribution < -0.4 is 0 Å². The van der Waals surface area contributed by atoms with Crippen molar-refractivity contribution in [2.24, 2.45) is 0 Å². The van der Waals surface area contributed by atoms with Gasteiger partial charge in [0.2, 0.25) is 0 Å².